The van der Waals surface area contributed by atoms with Crippen LogP contribution in [-0.2, 0) is 16.1 Å². The van der Waals surface area contributed by atoms with Crippen LogP contribution in [0.15, 0.2) is 36.7 Å². The van der Waals surface area contributed by atoms with Gasteiger partial charge >= 0.3 is 0 Å². The van der Waals surface area contributed by atoms with Crippen molar-refractivity contribution in [1.29, 1.82) is 0 Å². The van der Waals surface area contributed by atoms with Gasteiger partial charge in [-0.05, 0) is 55.7 Å². The molecular formula is C37H48N6O6. The van der Waals surface area contributed by atoms with Crippen LogP contribution in [0, 0.1) is 11.8 Å². The zero-order chi connectivity index (χ0) is 34.3. The first-order valence-corrected chi connectivity index (χ1v) is 17.5. The molecule has 2 aliphatic heterocycles. The predicted molar refractivity (Wildman–Crippen MR) is 186 cm³/mol. The van der Waals surface area contributed by atoms with Crippen LogP contribution in [0.4, 0.5) is 5.82 Å². The first-order valence-electron chi connectivity index (χ1n) is 17.5. The van der Waals surface area contributed by atoms with Crippen LogP contribution >= 0.6 is 0 Å². The lowest BCUT2D eigenvalue weighted by Crippen LogP contribution is -2.43. The number of hydrogen-bond donors (Lipinski definition) is 1. The highest BCUT2D eigenvalue weighted by molar-refractivity contribution is 5.94. The zero-order valence-corrected chi connectivity index (χ0v) is 28.9. The van der Waals surface area contributed by atoms with Crippen molar-refractivity contribution in [3.8, 4) is 17.2 Å². The molecule has 6 rings (SSSR count). The number of carbonyl (C=O) groups is 3. The van der Waals surface area contributed by atoms with Gasteiger partial charge in [-0.25, -0.2) is 4.98 Å². The van der Waals surface area contributed by atoms with Crippen molar-refractivity contribution in [2.24, 2.45) is 11.8 Å². The average molecular weight is 673 g/mol. The standard InChI is InChI=1S/C37H48N6O6/c1-47-31-21-30-29(34(48-2)35(31)49-3)20-28-24-42(33(45)19-25-7-4-5-8-25)18-17-41(37(46)27-10-13-38-14-11-27)16-12-32(44)39-22-26-9-6-15-43(23-26)36(28)40-30/h10-11,13-14,20-21,25-26H,4-9,12,15-19,22-24H2,1-3H3,(H,39,44). The Morgan fingerprint density at radius 1 is 0.898 bits per heavy atom. The average Bonchev–Trinajstić information content (AvgIpc) is 3.65. The number of ether oxygens (including phenoxy) is 3. The first-order chi connectivity index (χ1) is 23.9. The Morgan fingerprint density at radius 3 is 2.39 bits per heavy atom. The van der Waals surface area contributed by atoms with Crippen molar-refractivity contribution in [2.45, 2.75) is 57.9 Å². The molecule has 12 heteroatoms. The molecule has 1 unspecified atom stereocenters. The molecule has 49 heavy (non-hydrogen) atoms. The monoisotopic (exact) mass is 672 g/mol. The molecule has 1 aromatic carbocycles. The third-order valence-electron chi connectivity index (χ3n) is 10.2. The van der Waals surface area contributed by atoms with Gasteiger partial charge in [0.1, 0.15) is 5.82 Å². The molecule has 3 aliphatic rings. The smallest absolute Gasteiger partial charge is 0.254 e. The molecule has 1 aliphatic carbocycles. The van der Waals surface area contributed by atoms with E-state index in [9.17, 15) is 14.4 Å². The minimum absolute atomic E-state index is 0.0621. The Labute approximate surface area is 288 Å². The lowest BCUT2D eigenvalue weighted by atomic mass is 9.97. The van der Waals surface area contributed by atoms with Crippen LogP contribution in [-0.4, -0.2) is 98.1 Å². The van der Waals surface area contributed by atoms with E-state index in [1.165, 1.54) is 0 Å². The molecule has 0 radical (unpaired) electrons. The summed E-state index contributed by atoms with van der Waals surface area (Å²) in [5.74, 6) is 2.67. The van der Waals surface area contributed by atoms with E-state index in [1.807, 2.05) is 11.0 Å². The van der Waals surface area contributed by atoms with E-state index in [-0.39, 0.29) is 43.1 Å². The van der Waals surface area contributed by atoms with Gasteiger partial charge < -0.3 is 34.2 Å². The summed E-state index contributed by atoms with van der Waals surface area (Å²) in [6, 6.07) is 7.29. The maximum absolute atomic E-state index is 14.2. The molecule has 1 atom stereocenters. The largest absolute Gasteiger partial charge is 0.493 e. The number of piperidine rings is 1. The molecule has 1 saturated carbocycles. The normalized spacial score (nSPS) is 19.4. The highest BCUT2D eigenvalue weighted by Gasteiger charge is 2.30. The van der Waals surface area contributed by atoms with Gasteiger partial charge in [-0.15, -0.1) is 0 Å². The summed E-state index contributed by atoms with van der Waals surface area (Å²) in [7, 11) is 4.77. The van der Waals surface area contributed by atoms with Crippen molar-refractivity contribution in [2.75, 3.05) is 65.5 Å². The molecule has 3 aromatic rings. The fourth-order valence-corrected chi connectivity index (χ4v) is 7.54. The quantitative estimate of drug-likeness (QED) is 0.405. The molecule has 3 amide bonds. The molecule has 262 valence electrons. The Balaban J connectivity index is 1.44. The number of nitrogens with one attached hydrogen (secondary N) is 1. The van der Waals surface area contributed by atoms with Gasteiger partial charge in [-0.2, -0.15) is 0 Å². The second kappa shape index (κ2) is 15.7. The van der Waals surface area contributed by atoms with Crippen LogP contribution in [0.1, 0.15) is 67.3 Å². The summed E-state index contributed by atoms with van der Waals surface area (Å²) in [5.41, 5.74) is 2.08. The fraction of sp³-hybridized carbons (Fsp3) is 0.541. The predicted octanol–water partition coefficient (Wildman–Crippen LogP) is 4.44. The maximum Gasteiger partial charge on any atom is 0.254 e. The number of amides is 3. The lowest BCUT2D eigenvalue weighted by Gasteiger charge is -2.36. The highest BCUT2D eigenvalue weighted by Crippen LogP contribution is 2.44. The molecule has 12 nitrogen and oxygen atoms in total. The van der Waals surface area contributed by atoms with Gasteiger partial charge in [-0.3, -0.25) is 19.4 Å². The number of fused-ring (bicyclic) bond motifs is 5. The zero-order valence-electron chi connectivity index (χ0n) is 28.9. The fourth-order valence-electron chi connectivity index (χ4n) is 7.54. The van der Waals surface area contributed by atoms with Gasteiger partial charge in [0.25, 0.3) is 5.91 Å². The van der Waals surface area contributed by atoms with E-state index in [4.69, 9.17) is 19.2 Å². The summed E-state index contributed by atoms with van der Waals surface area (Å²) in [5, 5.41) is 3.88. The number of aromatic nitrogens is 2. The van der Waals surface area contributed by atoms with Crippen LogP contribution in [0.3, 0.4) is 0 Å². The SMILES string of the molecule is COc1cc2nc3c(cc2c(OC)c1OC)CN(C(=O)CC1CCCC1)CCN(C(=O)c1ccncc1)CCC(=O)NCC1CCCN3C1. The van der Waals surface area contributed by atoms with E-state index in [0.29, 0.717) is 60.3 Å². The van der Waals surface area contributed by atoms with Crippen LogP contribution < -0.4 is 24.4 Å². The third-order valence-corrected chi connectivity index (χ3v) is 10.2. The van der Waals surface area contributed by atoms with Crippen molar-refractivity contribution >= 4 is 34.4 Å². The molecule has 0 spiro atoms. The van der Waals surface area contributed by atoms with Gasteiger partial charge in [0.2, 0.25) is 17.6 Å². The number of hydrogen-bond acceptors (Lipinski definition) is 9. The molecular weight excluding hydrogens is 624 g/mol. The highest BCUT2D eigenvalue weighted by atomic mass is 16.5. The van der Waals surface area contributed by atoms with Crippen LogP contribution in [0.2, 0.25) is 0 Å². The molecule has 2 aromatic heterocycles. The van der Waals surface area contributed by atoms with E-state index in [0.717, 1.165) is 68.4 Å². The molecule has 1 saturated heterocycles. The first kappa shape index (κ1) is 34.3. The molecule has 2 bridgehead atoms. The summed E-state index contributed by atoms with van der Waals surface area (Å²) in [6.07, 6.45) is 10.2. The Bertz CT molecular complexity index is 1650. The van der Waals surface area contributed by atoms with Gasteiger partial charge in [0.05, 0.1) is 26.8 Å². The van der Waals surface area contributed by atoms with Crippen LogP contribution in [0.25, 0.3) is 10.9 Å². The molecule has 2 fully saturated rings. The van der Waals surface area contributed by atoms with Crippen molar-refractivity contribution in [1.82, 2.24) is 25.1 Å². The van der Waals surface area contributed by atoms with Crippen molar-refractivity contribution in [3.05, 3.63) is 47.8 Å². The van der Waals surface area contributed by atoms with E-state index >= 15 is 0 Å². The lowest BCUT2D eigenvalue weighted by molar-refractivity contribution is -0.133. The number of carbonyl (C=O) groups excluding carboxylic acids is 3. The Hall–Kier alpha value is -4.61. The van der Waals surface area contributed by atoms with Gasteiger partial charge in [0.15, 0.2) is 11.5 Å². The number of methoxy groups -OCH3 is 3. The van der Waals surface area contributed by atoms with Crippen LogP contribution in [0.5, 0.6) is 17.2 Å². The number of benzene rings is 1. The summed E-state index contributed by atoms with van der Waals surface area (Å²) in [4.78, 5) is 56.2. The molecule has 4 heterocycles. The second-order valence-electron chi connectivity index (χ2n) is 13.4. The van der Waals surface area contributed by atoms with E-state index < -0.39 is 0 Å². The number of pyridine rings is 2. The second-order valence-corrected chi connectivity index (χ2v) is 13.4. The minimum atomic E-state index is -0.191. The van der Waals surface area contributed by atoms with Gasteiger partial charge in [0, 0.05) is 93.6 Å². The topological polar surface area (TPSA) is 126 Å². The summed E-state index contributed by atoms with van der Waals surface area (Å²) in [6.45, 7) is 3.23. The van der Waals surface area contributed by atoms with Crippen molar-refractivity contribution < 1.29 is 28.6 Å². The number of anilines is 1. The third kappa shape index (κ3) is 7.84. The van der Waals surface area contributed by atoms with E-state index in [2.05, 4.69) is 21.3 Å². The number of nitrogens with zero attached hydrogens (tertiary/aromatic N) is 5. The van der Waals surface area contributed by atoms with Crippen molar-refractivity contribution in [3.63, 3.8) is 0 Å². The number of rotatable bonds is 6. The minimum Gasteiger partial charge on any atom is -0.493 e. The molecule has 1 N–H and O–H groups in total. The Kier molecular flexibility index (Phi) is 11.0. The summed E-state index contributed by atoms with van der Waals surface area (Å²) < 4.78 is 17.2. The van der Waals surface area contributed by atoms with E-state index in [1.54, 1.807) is 50.8 Å². The van der Waals surface area contributed by atoms with Gasteiger partial charge in [-0.1, -0.05) is 12.8 Å². The summed E-state index contributed by atoms with van der Waals surface area (Å²) >= 11 is 0. The Morgan fingerprint density at radius 2 is 1.65 bits per heavy atom. The maximum atomic E-state index is 14.2.